The van der Waals surface area contributed by atoms with Crippen molar-refractivity contribution in [3.05, 3.63) is 59.7 Å². The zero-order valence-electron chi connectivity index (χ0n) is 12.9. The average molecular weight is 411 g/mol. The maximum absolute atomic E-state index is 5.92. The van der Waals surface area contributed by atoms with Crippen LogP contribution in [0.5, 0.6) is 5.75 Å². The molecule has 0 bridgehead atoms. The van der Waals surface area contributed by atoms with Crippen LogP contribution in [-0.4, -0.2) is 13.1 Å². The largest absolute Gasteiger partial charge is 0.497 e. The highest BCUT2D eigenvalue weighted by Crippen LogP contribution is 2.13. The number of benzene rings is 2. The molecule has 0 spiro atoms. The lowest BCUT2D eigenvalue weighted by Gasteiger charge is -2.07. The molecule has 0 aromatic heterocycles. The zero-order chi connectivity index (χ0) is 15.1. The Morgan fingerprint density at radius 2 is 1.86 bits per heavy atom. The normalized spacial score (nSPS) is 10.7. The topological polar surface area (TPSA) is 59.6 Å². The molecule has 3 N–H and O–H groups in total. The van der Waals surface area contributed by atoms with E-state index in [0.29, 0.717) is 12.5 Å². The molecule has 0 amide bonds. The Morgan fingerprint density at radius 1 is 1.14 bits per heavy atom. The van der Waals surface area contributed by atoms with Crippen LogP contribution in [0.25, 0.3) is 0 Å². The minimum absolute atomic E-state index is 0. The Kier molecular flexibility index (Phi) is 7.73. The van der Waals surface area contributed by atoms with Gasteiger partial charge in [-0.1, -0.05) is 31.2 Å². The molecule has 2 rings (SSSR count). The molecule has 0 aliphatic heterocycles. The quantitative estimate of drug-likeness (QED) is 0.447. The number of hydrogen-bond acceptors (Lipinski definition) is 2. The summed E-state index contributed by atoms with van der Waals surface area (Å²) in [6.07, 6.45) is 0.998. The lowest BCUT2D eigenvalue weighted by atomic mass is 10.1. The molecule has 4 nitrogen and oxygen atoms in total. The first-order valence-electron chi connectivity index (χ1n) is 7.00. The van der Waals surface area contributed by atoms with E-state index in [9.17, 15) is 0 Å². The van der Waals surface area contributed by atoms with Gasteiger partial charge in [0, 0.05) is 5.69 Å². The van der Waals surface area contributed by atoms with Crippen molar-refractivity contribution in [1.29, 1.82) is 0 Å². The van der Waals surface area contributed by atoms with Crippen molar-refractivity contribution >= 4 is 35.6 Å². The van der Waals surface area contributed by atoms with Crippen LogP contribution in [0.2, 0.25) is 0 Å². The number of nitrogens with one attached hydrogen (secondary N) is 1. The van der Waals surface area contributed by atoms with Crippen LogP contribution in [0.4, 0.5) is 5.69 Å². The van der Waals surface area contributed by atoms with Gasteiger partial charge in [-0.2, -0.15) is 0 Å². The van der Waals surface area contributed by atoms with Gasteiger partial charge in [-0.05, 0) is 41.8 Å². The SMILES string of the molecule is CCc1cccc(NC(N)=NCc2ccc(OC)cc2)c1.I. The first-order chi connectivity index (χ1) is 10.2. The molecule has 22 heavy (non-hydrogen) atoms. The van der Waals surface area contributed by atoms with E-state index in [-0.39, 0.29) is 24.0 Å². The molecule has 2 aromatic carbocycles. The van der Waals surface area contributed by atoms with Crippen LogP contribution in [-0.2, 0) is 13.0 Å². The van der Waals surface area contributed by atoms with Crippen LogP contribution < -0.4 is 15.8 Å². The smallest absolute Gasteiger partial charge is 0.193 e. The van der Waals surface area contributed by atoms with E-state index in [1.165, 1.54) is 5.56 Å². The number of hydrogen-bond donors (Lipinski definition) is 2. The van der Waals surface area contributed by atoms with Gasteiger partial charge in [-0.15, -0.1) is 24.0 Å². The number of nitrogens with zero attached hydrogens (tertiary/aromatic N) is 1. The summed E-state index contributed by atoms with van der Waals surface area (Å²) in [5.74, 6) is 1.25. The summed E-state index contributed by atoms with van der Waals surface area (Å²) in [4.78, 5) is 4.34. The number of anilines is 1. The minimum atomic E-state index is 0. The third-order valence-electron chi connectivity index (χ3n) is 3.20. The van der Waals surface area contributed by atoms with Gasteiger partial charge in [0.05, 0.1) is 13.7 Å². The molecule has 0 saturated carbocycles. The summed E-state index contributed by atoms with van der Waals surface area (Å²) < 4.78 is 5.12. The van der Waals surface area contributed by atoms with Gasteiger partial charge >= 0.3 is 0 Å². The second-order valence-corrected chi connectivity index (χ2v) is 4.73. The summed E-state index contributed by atoms with van der Waals surface area (Å²) in [5.41, 5.74) is 9.23. The molecule has 2 aromatic rings. The fourth-order valence-corrected chi connectivity index (χ4v) is 1.96. The molecular formula is C17H22IN3O. The number of aryl methyl sites for hydroxylation is 1. The number of ether oxygens (including phenoxy) is 1. The van der Waals surface area contributed by atoms with Crippen molar-refractivity contribution in [2.75, 3.05) is 12.4 Å². The molecule has 0 fully saturated rings. The van der Waals surface area contributed by atoms with Gasteiger partial charge in [-0.3, -0.25) is 0 Å². The van der Waals surface area contributed by atoms with Crippen molar-refractivity contribution in [3.63, 3.8) is 0 Å². The van der Waals surface area contributed by atoms with Crippen LogP contribution in [0.1, 0.15) is 18.1 Å². The van der Waals surface area contributed by atoms with Crippen molar-refractivity contribution in [2.24, 2.45) is 10.7 Å². The van der Waals surface area contributed by atoms with Crippen LogP contribution in [0.15, 0.2) is 53.5 Å². The summed E-state index contributed by atoms with van der Waals surface area (Å²) in [7, 11) is 1.65. The number of guanidine groups is 1. The van der Waals surface area contributed by atoms with Crippen molar-refractivity contribution < 1.29 is 4.74 Å². The highest BCUT2D eigenvalue weighted by atomic mass is 127. The van der Waals surface area contributed by atoms with E-state index in [4.69, 9.17) is 10.5 Å². The molecule has 0 atom stereocenters. The number of aliphatic imine (C=N–C) groups is 1. The van der Waals surface area contributed by atoms with Gasteiger partial charge in [-0.25, -0.2) is 4.99 Å². The van der Waals surface area contributed by atoms with Gasteiger partial charge in [0.2, 0.25) is 0 Å². The maximum atomic E-state index is 5.92. The van der Waals surface area contributed by atoms with E-state index in [2.05, 4.69) is 29.4 Å². The van der Waals surface area contributed by atoms with Crippen LogP contribution in [0, 0.1) is 0 Å². The monoisotopic (exact) mass is 411 g/mol. The fraction of sp³-hybridized carbons (Fsp3) is 0.235. The van der Waals surface area contributed by atoms with Crippen LogP contribution in [0.3, 0.4) is 0 Å². The molecule has 0 radical (unpaired) electrons. The number of nitrogens with two attached hydrogens (primary N) is 1. The maximum Gasteiger partial charge on any atom is 0.193 e. The summed E-state index contributed by atoms with van der Waals surface area (Å²) >= 11 is 0. The number of methoxy groups -OCH3 is 1. The van der Waals surface area contributed by atoms with Gasteiger partial charge in [0.15, 0.2) is 5.96 Å². The Morgan fingerprint density at radius 3 is 2.50 bits per heavy atom. The van der Waals surface area contributed by atoms with Crippen LogP contribution >= 0.6 is 24.0 Å². The molecule has 0 saturated heterocycles. The molecule has 0 unspecified atom stereocenters. The fourth-order valence-electron chi connectivity index (χ4n) is 1.96. The lowest BCUT2D eigenvalue weighted by molar-refractivity contribution is 0.414. The Bertz CT molecular complexity index is 612. The first-order valence-corrected chi connectivity index (χ1v) is 7.00. The summed E-state index contributed by atoms with van der Waals surface area (Å²) in [5, 5.41) is 3.11. The Labute approximate surface area is 148 Å². The lowest BCUT2D eigenvalue weighted by Crippen LogP contribution is -2.22. The molecule has 0 heterocycles. The third kappa shape index (κ3) is 5.55. The third-order valence-corrected chi connectivity index (χ3v) is 3.20. The van der Waals surface area contributed by atoms with Gasteiger partial charge in [0.1, 0.15) is 5.75 Å². The van der Waals surface area contributed by atoms with Crippen molar-refractivity contribution in [3.8, 4) is 5.75 Å². The Balaban J connectivity index is 0.00000242. The predicted octanol–water partition coefficient (Wildman–Crippen LogP) is 3.80. The molecular weight excluding hydrogens is 389 g/mol. The number of halogens is 1. The van der Waals surface area contributed by atoms with E-state index in [1.54, 1.807) is 7.11 Å². The minimum Gasteiger partial charge on any atom is -0.497 e. The highest BCUT2D eigenvalue weighted by molar-refractivity contribution is 14.0. The standard InChI is InChI=1S/C17H21N3O.HI/c1-3-13-5-4-6-15(11-13)20-17(18)19-12-14-7-9-16(21-2)10-8-14;/h4-11H,3,12H2,1-2H3,(H3,18,19,20);1H. The van der Waals surface area contributed by atoms with Gasteiger partial charge in [0.25, 0.3) is 0 Å². The van der Waals surface area contributed by atoms with Crippen molar-refractivity contribution in [1.82, 2.24) is 0 Å². The number of rotatable bonds is 5. The second kappa shape index (κ2) is 9.30. The predicted molar refractivity (Wildman–Crippen MR) is 103 cm³/mol. The highest BCUT2D eigenvalue weighted by Gasteiger charge is 1.98. The molecule has 0 aliphatic carbocycles. The van der Waals surface area contributed by atoms with E-state index < -0.39 is 0 Å². The zero-order valence-corrected chi connectivity index (χ0v) is 15.2. The van der Waals surface area contributed by atoms with E-state index >= 15 is 0 Å². The van der Waals surface area contributed by atoms with Gasteiger partial charge < -0.3 is 15.8 Å². The molecule has 5 heteroatoms. The van der Waals surface area contributed by atoms with Crippen molar-refractivity contribution in [2.45, 2.75) is 19.9 Å². The molecule has 118 valence electrons. The second-order valence-electron chi connectivity index (χ2n) is 4.73. The molecule has 0 aliphatic rings. The Hall–Kier alpha value is -1.76. The summed E-state index contributed by atoms with van der Waals surface area (Å²) in [6, 6.07) is 16.0. The van der Waals surface area contributed by atoms with E-state index in [1.807, 2.05) is 36.4 Å². The summed E-state index contributed by atoms with van der Waals surface area (Å²) in [6.45, 7) is 2.66. The van der Waals surface area contributed by atoms with E-state index in [0.717, 1.165) is 23.4 Å². The first kappa shape index (κ1) is 18.3. The average Bonchev–Trinajstić information content (AvgIpc) is 2.53.